The Bertz CT molecular complexity index is 1070. The summed E-state index contributed by atoms with van der Waals surface area (Å²) in [6.45, 7) is 3.85. The number of carbonyl (C=O) groups excluding carboxylic acids is 2. The van der Waals surface area contributed by atoms with E-state index in [1.807, 2.05) is 44.2 Å². The number of urea groups is 1. The summed E-state index contributed by atoms with van der Waals surface area (Å²) in [4.78, 5) is 25.7. The summed E-state index contributed by atoms with van der Waals surface area (Å²) in [7, 11) is 3.05. The van der Waals surface area contributed by atoms with Crippen molar-refractivity contribution in [2.45, 2.75) is 26.3 Å². The molecule has 0 aliphatic rings. The molecule has 2 unspecified atom stereocenters. The first-order valence-corrected chi connectivity index (χ1v) is 11.3. The third kappa shape index (κ3) is 6.42. The zero-order valence-corrected chi connectivity index (χ0v) is 19.7. The first-order chi connectivity index (χ1) is 15.9. The van der Waals surface area contributed by atoms with Crippen LogP contribution in [0, 0.1) is 5.92 Å². The Kier molecular flexibility index (Phi) is 8.20. The van der Waals surface area contributed by atoms with Crippen molar-refractivity contribution < 1.29 is 19.1 Å². The lowest BCUT2D eigenvalue weighted by atomic mass is 9.98. The Morgan fingerprint density at radius 2 is 1.67 bits per heavy atom. The largest absolute Gasteiger partial charge is 0.497 e. The number of carbonyl (C=O) groups is 2. The average Bonchev–Trinajstić information content (AvgIpc) is 3.30. The third-order valence-electron chi connectivity index (χ3n) is 5.07. The highest BCUT2D eigenvalue weighted by Gasteiger charge is 2.27. The van der Waals surface area contributed by atoms with E-state index in [-0.39, 0.29) is 11.8 Å². The van der Waals surface area contributed by atoms with E-state index in [4.69, 9.17) is 9.47 Å². The van der Waals surface area contributed by atoms with Crippen LogP contribution in [0.2, 0.25) is 0 Å². The van der Waals surface area contributed by atoms with Crippen molar-refractivity contribution >= 4 is 34.1 Å². The van der Waals surface area contributed by atoms with E-state index in [2.05, 4.69) is 26.1 Å². The minimum absolute atomic E-state index is 0.114. The number of hydrogen-bond acceptors (Lipinski definition) is 7. The van der Waals surface area contributed by atoms with Crippen molar-refractivity contribution in [3.05, 3.63) is 48.5 Å². The second-order valence-corrected chi connectivity index (χ2v) is 8.31. The lowest BCUT2D eigenvalue weighted by Gasteiger charge is -2.23. The Morgan fingerprint density at radius 3 is 2.27 bits per heavy atom. The third-order valence-corrected chi connectivity index (χ3v) is 5.95. The molecule has 0 saturated heterocycles. The summed E-state index contributed by atoms with van der Waals surface area (Å²) in [5, 5.41) is 17.5. The molecule has 3 aromatic rings. The normalized spacial score (nSPS) is 12.4. The maximum atomic E-state index is 13.0. The molecular formula is C23H27N5O4S. The summed E-state index contributed by atoms with van der Waals surface area (Å²) in [6.07, 6.45) is 0.691. The fraction of sp³-hybridized carbons (Fsp3) is 0.304. The van der Waals surface area contributed by atoms with Crippen molar-refractivity contribution in [1.29, 1.82) is 0 Å². The topological polar surface area (TPSA) is 114 Å². The highest BCUT2D eigenvalue weighted by Crippen LogP contribution is 2.27. The van der Waals surface area contributed by atoms with Gasteiger partial charge in [-0.3, -0.25) is 10.1 Å². The highest BCUT2D eigenvalue weighted by molar-refractivity contribution is 7.18. The Balaban J connectivity index is 1.69. The first-order valence-electron chi connectivity index (χ1n) is 10.4. The second kappa shape index (κ2) is 11.3. The van der Waals surface area contributed by atoms with Gasteiger partial charge in [-0.05, 0) is 5.92 Å². The van der Waals surface area contributed by atoms with E-state index in [1.54, 1.807) is 18.2 Å². The highest BCUT2D eigenvalue weighted by atomic mass is 32.1. The summed E-state index contributed by atoms with van der Waals surface area (Å²) in [5.41, 5.74) is 1.39. The maximum absolute atomic E-state index is 13.0. The van der Waals surface area contributed by atoms with Crippen molar-refractivity contribution in [2.24, 2.45) is 5.92 Å². The average molecular weight is 470 g/mol. The van der Waals surface area contributed by atoms with Crippen LogP contribution >= 0.6 is 11.3 Å². The van der Waals surface area contributed by atoms with Crippen molar-refractivity contribution in [1.82, 2.24) is 15.5 Å². The number of anilines is 2. The molecule has 0 aliphatic heterocycles. The zero-order valence-electron chi connectivity index (χ0n) is 18.9. The van der Waals surface area contributed by atoms with Gasteiger partial charge in [0.1, 0.15) is 22.5 Å². The Morgan fingerprint density at radius 1 is 1.00 bits per heavy atom. The molecule has 1 aromatic heterocycles. The lowest BCUT2D eigenvalue weighted by Crippen LogP contribution is -2.49. The number of hydrogen-bond donors (Lipinski definition) is 3. The number of rotatable bonds is 9. The summed E-state index contributed by atoms with van der Waals surface area (Å²) in [6, 6.07) is 13.3. The van der Waals surface area contributed by atoms with Gasteiger partial charge < -0.3 is 20.1 Å². The molecule has 0 saturated carbocycles. The summed E-state index contributed by atoms with van der Waals surface area (Å²) < 4.78 is 10.5. The molecule has 174 valence electrons. The van der Waals surface area contributed by atoms with Gasteiger partial charge in [-0.1, -0.05) is 61.9 Å². The minimum Gasteiger partial charge on any atom is -0.497 e. The molecule has 3 amide bonds. The van der Waals surface area contributed by atoms with Crippen LogP contribution in [0.4, 0.5) is 15.6 Å². The summed E-state index contributed by atoms with van der Waals surface area (Å²) >= 11 is 1.27. The van der Waals surface area contributed by atoms with Crippen LogP contribution in [0.5, 0.6) is 11.5 Å². The smallest absolute Gasteiger partial charge is 0.319 e. The van der Waals surface area contributed by atoms with Gasteiger partial charge in [0.2, 0.25) is 11.0 Å². The van der Waals surface area contributed by atoms with E-state index in [0.717, 1.165) is 5.56 Å². The van der Waals surface area contributed by atoms with Gasteiger partial charge in [0.15, 0.2) is 0 Å². The van der Waals surface area contributed by atoms with E-state index in [1.165, 1.54) is 25.6 Å². The second-order valence-electron chi connectivity index (χ2n) is 7.33. The number of methoxy groups -OCH3 is 2. The van der Waals surface area contributed by atoms with Gasteiger partial charge in [0.05, 0.1) is 14.2 Å². The molecule has 0 fully saturated rings. The van der Waals surface area contributed by atoms with E-state index < -0.39 is 12.1 Å². The molecule has 0 radical (unpaired) electrons. The van der Waals surface area contributed by atoms with E-state index >= 15 is 0 Å². The first kappa shape index (κ1) is 24.0. The molecule has 2 aromatic carbocycles. The zero-order chi connectivity index (χ0) is 23.8. The molecule has 0 aliphatic carbocycles. The number of aromatic nitrogens is 2. The standard InChI is InChI=1S/C23H27N5O4S/c1-5-14(2)19(25-22(30)24-16-11-17(31-3)13-18(12-16)32-4)20(29)26-23-28-27-21(33-23)15-9-7-6-8-10-15/h6-14,19H,5H2,1-4H3,(H2,24,25,30)(H,26,28,29). The van der Waals surface area contributed by atoms with Crippen LogP contribution in [-0.2, 0) is 4.79 Å². The maximum Gasteiger partial charge on any atom is 0.319 e. The van der Waals surface area contributed by atoms with Crippen LogP contribution in [0.3, 0.4) is 0 Å². The van der Waals surface area contributed by atoms with Crippen LogP contribution in [-0.4, -0.2) is 42.4 Å². The van der Waals surface area contributed by atoms with Gasteiger partial charge >= 0.3 is 6.03 Å². The lowest BCUT2D eigenvalue weighted by molar-refractivity contribution is -0.119. The van der Waals surface area contributed by atoms with E-state index in [0.29, 0.717) is 33.7 Å². The predicted octanol–water partition coefficient (Wildman–Crippen LogP) is 4.40. The van der Waals surface area contributed by atoms with E-state index in [9.17, 15) is 9.59 Å². The molecule has 10 heteroatoms. The molecule has 2 atom stereocenters. The molecule has 0 bridgehead atoms. The number of ether oxygens (including phenoxy) is 2. The minimum atomic E-state index is -0.772. The SMILES string of the molecule is CCC(C)C(NC(=O)Nc1cc(OC)cc(OC)c1)C(=O)Nc1nnc(-c2ccccc2)s1. The number of amides is 3. The summed E-state index contributed by atoms with van der Waals surface area (Å²) in [5.74, 6) is 0.591. The molecular weight excluding hydrogens is 442 g/mol. The van der Waals surface area contributed by atoms with Crippen molar-refractivity contribution in [3.63, 3.8) is 0 Å². The number of nitrogens with one attached hydrogen (secondary N) is 3. The fourth-order valence-corrected chi connectivity index (χ4v) is 3.80. The van der Waals surface area contributed by atoms with Crippen LogP contribution in [0.1, 0.15) is 20.3 Å². The van der Waals surface area contributed by atoms with Gasteiger partial charge in [-0.2, -0.15) is 0 Å². The molecule has 0 spiro atoms. The quantitative estimate of drug-likeness (QED) is 0.428. The van der Waals surface area contributed by atoms with Crippen LogP contribution in [0.25, 0.3) is 10.6 Å². The molecule has 9 nitrogen and oxygen atoms in total. The number of benzene rings is 2. The van der Waals surface area contributed by atoms with Gasteiger partial charge in [-0.25, -0.2) is 4.79 Å². The fourth-order valence-electron chi connectivity index (χ4n) is 3.04. The van der Waals surface area contributed by atoms with Crippen molar-refractivity contribution in [2.75, 3.05) is 24.9 Å². The Labute approximate surface area is 196 Å². The predicted molar refractivity (Wildman–Crippen MR) is 129 cm³/mol. The van der Waals surface area contributed by atoms with Crippen molar-refractivity contribution in [3.8, 4) is 22.1 Å². The molecule has 33 heavy (non-hydrogen) atoms. The van der Waals surface area contributed by atoms with Gasteiger partial charge in [0, 0.05) is 29.4 Å². The molecule has 3 rings (SSSR count). The Hall–Kier alpha value is -3.66. The van der Waals surface area contributed by atoms with Gasteiger partial charge in [0.25, 0.3) is 0 Å². The van der Waals surface area contributed by atoms with Gasteiger partial charge in [-0.15, -0.1) is 10.2 Å². The monoisotopic (exact) mass is 469 g/mol. The molecule has 1 heterocycles. The van der Waals surface area contributed by atoms with Crippen LogP contribution < -0.4 is 25.4 Å². The molecule has 3 N–H and O–H groups in total. The van der Waals surface area contributed by atoms with Crippen LogP contribution in [0.15, 0.2) is 48.5 Å². The number of nitrogens with zero attached hydrogens (tertiary/aromatic N) is 2.